The largest absolute Gasteiger partial charge is 0.373 e. The van der Waals surface area contributed by atoms with Crippen LogP contribution in [0.1, 0.15) is 15.4 Å². The minimum absolute atomic E-state index is 0.178. The number of aliphatic imine (C=N–C) groups is 1. The Labute approximate surface area is 200 Å². The third-order valence-electron chi connectivity index (χ3n) is 6.27. The highest BCUT2D eigenvalue weighted by molar-refractivity contribution is 7.13. The van der Waals surface area contributed by atoms with Gasteiger partial charge < -0.3 is 21.3 Å². The van der Waals surface area contributed by atoms with Gasteiger partial charge in [0.05, 0.1) is 28.5 Å². The fraction of sp³-hybridized carbons (Fsp3) is 0.115. The summed E-state index contributed by atoms with van der Waals surface area (Å²) >= 11 is 1.81. The van der Waals surface area contributed by atoms with Crippen LogP contribution in [0.4, 0.5) is 5.69 Å². The monoisotopic (exact) mass is 463 g/mol. The molecule has 34 heavy (non-hydrogen) atoms. The number of pyridine rings is 2. The number of hydrogen-bond donors (Lipinski definition) is 4. The SMILES string of the molecule is Cc1ccc(C2=CC=C3NC3C3=C2NC=C(C2=NCNc4ccc(-c5cccnc5)nc42)N3)s1. The Morgan fingerprint density at radius 2 is 2.06 bits per heavy atom. The van der Waals surface area contributed by atoms with Gasteiger partial charge in [-0.15, -0.1) is 11.3 Å². The minimum Gasteiger partial charge on any atom is -0.373 e. The summed E-state index contributed by atoms with van der Waals surface area (Å²) in [7, 11) is 0. The maximum atomic E-state index is 4.96. The van der Waals surface area contributed by atoms with E-state index in [-0.39, 0.29) is 6.04 Å². The summed E-state index contributed by atoms with van der Waals surface area (Å²) in [6.07, 6.45) is 9.98. The number of anilines is 1. The van der Waals surface area contributed by atoms with Crippen LogP contribution >= 0.6 is 11.3 Å². The van der Waals surface area contributed by atoms with Gasteiger partial charge in [0.2, 0.25) is 0 Å². The van der Waals surface area contributed by atoms with Crippen LogP contribution < -0.4 is 21.3 Å². The molecular formula is C26H21N7S. The van der Waals surface area contributed by atoms with Crippen molar-refractivity contribution in [2.45, 2.75) is 13.0 Å². The maximum Gasteiger partial charge on any atom is 0.114 e. The second-order valence-corrected chi connectivity index (χ2v) is 9.77. The fourth-order valence-corrected chi connectivity index (χ4v) is 5.42. The Bertz CT molecular complexity index is 1490. The zero-order valence-corrected chi connectivity index (χ0v) is 19.2. The van der Waals surface area contributed by atoms with E-state index in [1.807, 2.05) is 30.6 Å². The highest BCUT2D eigenvalue weighted by Gasteiger charge is 2.39. The first-order valence-corrected chi connectivity index (χ1v) is 12.0. The number of fused-ring (bicyclic) bond motifs is 3. The van der Waals surface area contributed by atoms with E-state index in [1.54, 1.807) is 17.5 Å². The van der Waals surface area contributed by atoms with Gasteiger partial charge in [-0.2, -0.15) is 0 Å². The third-order valence-corrected chi connectivity index (χ3v) is 7.30. The van der Waals surface area contributed by atoms with Crippen molar-refractivity contribution < 1.29 is 0 Å². The van der Waals surface area contributed by atoms with E-state index in [0.717, 1.165) is 45.4 Å². The molecule has 1 aliphatic carbocycles. The first-order chi connectivity index (χ1) is 16.7. The van der Waals surface area contributed by atoms with E-state index in [1.165, 1.54) is 21.0 Å². The Hall–Kier alpha value is -4.17. The smallest absolute Gasteiger partial charge is 0.114 e. The number of allylic oxidation sites excluding steroid dienone is 4. The lowest BCUT2D eigenvalue weighted by Crippen LogP contribution is -2.35. The first kappa shape index (κ1) is 19.3. The van der Waals surface area contributed by atoms with Crippen LogP contribution in [-0.2, 0) is 0 Å². The predicted molar refractivity (Wildman–Crippen MR) is 136 cm³/mol. The molecule has 1 unspecified atom stereocenters. The van der Waals surface area contributed by atoms with Crippen LogP contribution in [-0.4, -0.2) is 28.4 Å². The average Bonchev–Trinajstić information content (AvgIpc) is 3.56. The zero-order valence-electron chi connectivity index (χ0n) is 18.4. The van der Waals surface area contributed by atoms with Crippen molar-refractivity contribution >= 4 is 28.3 Å². The molecule has 1 atom stereocenters. The lowest BCUT2D eigenvalue weighted by molar-refractivity contribution is 0.838. The van der Waals surface area contributed by atoms with Gasteiger partial charge in [0.1, 0.15) is 24.1 Å². The fourth-order valence-electron chi connectivity index (χ4n) is 4.52. The van der Waals surface area contributed by atoms with Crippen molar-refractivity contribution in [3.8, 4) is 11.3 Å². The van der Waals surface area contributed by atoms with Crippen LogP contribution in [0, 0.1) is 6.92 Å². The van der Waals surface area contributed by atoms with E-state index in [4.69, 9.17) is 9.98 Å². The van der Waals surface area contributed by atoms with Crippen molar-refractivity contribution in [2.75, 3.05) is 12.0 Å². The van der Waals surface area contributed by atoms with Crippen molar-refractivity contribution in [1.82, 2.24) is 25.9 Å². The van der Waals surface area contributed by atoms with E-state index < -0.39 is 0 Å². The van der Waals surface area contributed by atoms with Gasteiger partial charge in [-0.25, -0.2) is 4.98 Å². The lowest BCUT2D eigenvalue weighted by atomic mass is 10.0. The van der Waals surface area contributed by atoms with Gasteiger partial charge in [-0.3, -0.25) is 9.98 Å². The predicted octanol–water partition coefficient (Wildman–Crippen LogP) is 3.88. The van der Waals surface area contributed by atoms with Gasteiger partial charge in [0.15, 0.2) is 0 Å². The molecule has 0 aromatic carbocycles. The molecule has 7 nitrogen and oxygen atoms in total. The van der Waals surface area contributed by atoms with Gasteiger partial charge in [0.25, 0.3) is 0 Å². The second kappa shape index (κ2) is 7.43. The van der Waals surface area contributed by atoms with Crippen LogP contribution in [0.3, 0.4) is 0 Å². The normalized spacial score (nSPS) is 19.9. The van der Waals surface area contributed by atoms with Gasteiger partial charge in [0, 0.05) is 45.2 Å². The molecule has 1 fully saturated rings. The molecule has 0 saturated carbocycles. The molecule has 3 aromatic rings. The molecular weight excluding hydrogens is 442 g/mol. The number of aromatic nitrogens is 2. The summed E-state index contributed by atoms with van der Waals surface area (Å²) < 4.78 is 0. The number of rotatable bonds is 3. The molecule has 3 aliphatic heterocycles. The van der Waals surface area contributed by atoms with Crippen molar-refractivity contribution in [3.63, 3.8) is 0 Å². The molecule has 7 rings (SSSR count). The van der Waals surface area contributed by atoms with E-state index >= 15 is 0 Å². The summed E-state index contributed by atoms with van der Waals surface area (Å²) in [6, 6.07) is 12.6. The van der Waals surface area contributed by atoms with Crippen LogP contribution in [0.25, 0.3) is 16.8 Å². The van der Waals surface area contributed by atoms with E-state index in [2.05, 4.69) is 63.5 Å². The molecule has 4 N–H and O–H groups in total. The molecule has 166 valence electrons. The third kappa shape index (κ3) is 3.14. The summed E-state index contributed by atoms with van der Waals surface area (Å²) in [5, 5.41) is 14.1. The Kier molecular flexibility index (Phi) is 4.22. The quantitative estimate of drug-likeness (QED) is 0.440. The summed E-state index contributed by atoms with van der Waals surface area (Å²) in [4.78, 5) is 16.6. The molecule has 0 amide bonds. The minimum atomic E-state index is 0.178. The maximum absolute atomic E-state index is 4.96. The molecule has 3 aromatic heterocycles. The van der Waals surface area contributed by atoms with Crippen LogP contribution in [0.5, 0.6) is 0 Å². The highest BCUT2D eigenvalue weighted by atomic mass is 32.1. The van der Waals surface area contributed by atoms with E-state index in [0.29, 0.717) is 6.67 Å². The van der Waals surface area contributed by atoms with Crippen molar-refractivity contribution in [2.24, 2.45) is 4.99 Å². The summed E-state index contributed by atoms with van der Waals surface area (Å²) in [5.41, 5.74) is 10.0. The standard InChI is InChI=1S/C26H21N7S/c1-14-4-9-21(34-14)16-5-6-19-25(32-19)26-22(16)28-12-20(33-26)23-24-18(29-13-30-23)8-7-17(31-24)15-3-2-10-27-11-15/h2-12,25,28-29,32-33H,13H2,1H3. The molecule has 6 heterocycles. The average molecular weight is 464 g/mol. The second-order valence-electron chi connectivity index (χ2n) is 8.48. The topological polar surface area (TPSA) is 96.2 Å². The molecule has 1 saturated heterocycles. The molecule has 0 spiro atoms. The number of aryl methyl sites for hydroxylation is 1. The number of nitrogens with one attached hydrogen (secondary N) is 4. The number of hydrogen-bond acceptors (Lipinski definition) is 8. The summed E-state index contributed by atoms with van der Waals surface area (Å²) in [6.45, 7) is 2.65. The van der Waals surface area contributed by atoms with Crippen molar-refractivity contribution in [3.05, 3.63) is 105 Å². The lowest BCUT2D eigenvalue weighted by Gasteiger charge is -2.27. The molecule has 4 aliphatic rings. The van der Waals surface area contributed by atoms with E-state index in [9.17, 15) is 0 Å². The molecule has 0 radical (unpaired) electrons. The Morgan fingerprint density at radius 3 is 2.91 bits per heavy atom. The number of nitrogens with zero attached hydrogens (tertiary/aromatic N) is 3. The Balaban J connectivity index is 1.25. The molecule has 8 heteroatoms. The van der Waals surface area contributed by atoms with Crippen LogP contribution in [0.2, 0.25) is 0 Å². The van der Waals surface area contributed by atoms with Crippen molar-refractivity contribution in [1.29, 1.82) is 0 Å². The summed E-state index contributed by atoms with van der Waals surface area (Å²) in [5.74, 6) is 0. The highest BCUT2D eigenvalue weighted by Crippen LogP contribution is 2.38. The van der Waals surface area contributed by atoms with Gasteiger partial charge >= 0.3 is 0 Å². The van der Waals surface area contributed by atoms with Gasteiger partial charge in [-0.1, -0.05) is 0 Å². The van der Waals surface area contributed by atoms with Gasteiger partial charge in [-0.05, 0) is 55.5 Å². The first-order valence-electron chi connectivity index (χ1n) is 11.2. The van der Waals surface area contributed by atoms with Crippen LogP contribution in [0.15, 0.2) is 94.9 Å². The molecule has 0 bridgehead atoms. The number of thiophene rings is 1. The Morgan fingerprint density at radius 1 is 1.09 bits per heavy atom. The zero-order chi connectivity index (χ0) is 22.6.